The number of nitrogens with zero attached hydrogens (tertiary/aromatic N) is 3. The Hall–Kier alpha value is -6.32. The molecule has 7 aromatic carbocycles. The summed E-state index contributed by atoms with van der Waals surface area (Å²) in [7, 11) is 0. The lowest BCUT2D eigenvalue weighted by molar-refractivity contribution is 1.18. The van der Waals surface area contributed by atoms with Gasteiger partial charge >= 0.3 is 0 Å². The fraction of sp³-hybridized carbons (Fsp3) is 0. The molecule has 3 nitrogen and oxygen atoms in total. The zero-order valence-electron chi connectivity index (χ0n) is 25.6. The van der Waals surface area contributed by atoms with Crippen LogP contribution in [0.2, 0.25) is 0 Å². The number of hydrogen-bond acceptors (Lipinski definition) is 2. The van der Waals surface area contributed by atoms with Crippen molar-refractivity contribution in [3.05, 3.63) is 176 Å². The molecule has 0 radical (unpaired) electrons. The summed E-state index contributed by atoms with van der Waals surface area (Å²) in [6, 6.07) is 62.0. The minimum absolute atomic E-state index is 0.878. The average molecular weight is 600 g/mol. The molecule has 2 heterocycles. The van der Waals surface area contributed by atoms with Gasteiger partial charge in [-0.05, 0) is 70.8 Å². The van der Waals surface area contributed by atoms with Gasteiger partial charge in [-0.3, -0.25) is 0 Å². The highest BCUT2D eigenvalue weighted by Crippen LogP contribution is 2.38. The third-order valence-electron chi connectivity index (χ3n) is 9.00. The summed E-state index contributed by atoms with van der Waals surface area (Å²) in [4.78, 5) is 10.2. The third-order valence-corrected chi connectivity index (χ3v) is 9.00. The molecule has 0 aliphatic rings. The van der Waals surface area contributed by atoms with Gasteiger partial charge in [-0.2, -0.15) is 0 Å². The molecule has 220 valence electrons. The molecular formula is C44H29N3. The number of para-hydroxylation sites is 2. The smallest absolute Gasteiger partial charge is 0.0973 e. The monoisotopic (exact) mass is 599 g/mol. The molecule has 0 bridgehead atoms. The lowest BCUT2D eigenvalue weighted by Gasteiger charge is -2.13. The minimum Gasteiger partial charge on any atom is -0.309 e. The second-order valence-corrected chi connectivity index (χ2v) is 11.9. The summed E-state index contributed by atoms with van der Waals surface area (Å²) in [5, 5.41) is 2.46. The average Bonchev–Trinajstić information content (AvgIpc) is 3.48. The highest BCUT2D eigenvalue weighted by atomic mass is 15.0. The Kier molecular flexibility index (Phi) is 6.46. The first-order chi connectivity index (χ1) is 23.3. The van der Waals surface area contributed by atoms with Crippen molar-refractivity contribution in [2.45, 2.75) is 0 Å². The van der Waals surface area contributed by atoms with E-state index in [1.165, 1.54) is 44.1 Å². The maximum Gasteiger partial charge on any atom is 0.0973 e. The van der Waals surface area contributed by atoms with Crippen LogP contribution in [0.5, 0.6) is 0 Å². The van der Waals surface area contributed by atoms with Crippen LogP contribution in [-0.4, -0.2) is 14.5 Å². The van der Waals surface area contributed by atoms with Gasteiger partial charge in [0.25, 0.3) is 0 Å². The van der Waals surface area contributed by atoms with Gasteiger partial charge < -0.3 is 4.57 Å². The zero-order valence-corrected chi connectivity index (χ0v) is 25.6. The largest absolute Gasteiger partial charge is 0.309 e. The quantitative estimate of drug-likeness (QED) is 0.197. The first-order valence-electron chi connectivity index (χ1n) is 15.9. The molecule has 0 aliphatic carbocycles. The third kappa shape index (κ3) is 4.77. The van der Waals surface area contributed by atoms with E-state index in [-0.39, 0.29) is 0 Å². The van der Waals surface area contributed by atoms with Crippen LogP contribution in [0.4, 0.5) is 0 Å². The maximum atomic E-state index is 5.12. The molecule has 9 aromatic rings. The first kappa shape index (κ1) is 27.0. The van der Waals surface area contributed by atoms with Crippen molar-refractivity contribution < 1.29 is 0 Å². The van der Waals surface area contributed by atoms with Gasteiger partial charge in [0.2, 0.25) is 0 Å². The van der Waals surface area contributed by atoms with Crippen LogP contribution in [0.3, 0.4) is 0 Å². The van der Waals surface area contributed by atoms with E-state index in [1.807, 2.05) is 42.5 Å². The molecule has 0 aliphatic heterocycles. The highest BCUT2D eigenvalue weighted by molar-refractivity contribution is 6.11. The van der Waals surface area contributed by atoms with E-state index in [9.17, 15) is 0 Å². The Morgan fingerprint density at radius 2 is 0.702 bits per heavy atom. The minimum atomic E-state index is 0.878. The summed E-state index contributed by atoms with van der Waals surface area (Å²) in [5.41, 5.74) is 13.9. The summed E-state index contributed by atoms with van der Waals surface area (Å²) in [6.45, 7) is 0. The molecule has 0 fully saturated rings. The van der Waals surface area contributed by atoms with Crippen molar-refractivity contribution in [2.75, 3.05) is 0 Å². The summed E-state index contributed by atoms with van der Waals surface area (Å²) in [6.07, 6.45) is 0. The molecule has 0 atom stereocenters. The molecule has 0 spiro atoms. The fourth-order valence-electron chi connectivity index (χ4n) is 6.69. The number of benzene rings is 7. The molecule has 0 saturated carbocycles. The molecule has 0 amide bonds. The maximum absolute atomic E-state index is 5.12. The van der Waals surface area contributed by atoms with Crippen LogP contribution < -0.4 is 0 Å². The van der Waals surface area contributed by atoms with E-state index in [0.29, 0.717) is 0 Å². The second-order valence-electron chi connectivity index (χ2n) is 11.9. The lowest BCUT2D eigenvalue weighted by Crippen LogP contribution is -1.97. The van der Waals surface area contributed by atoms with Gasteiger partial charge in [-0.15, -0.1) is 0 Å². The number of hydrogen-bond donors (Lipinski definition) is 0. The van der Waals surface area contributed by atoms with E-state index in [2.05, 4.69) is 138 Å². The zero-order chi connectivity index (χ0) is 31.2. The van der Waals surface area contributed by atoms with E-state index in [0.717, 1.165) is 39.2 Å². The molecule has 0 saturated heterocycles. The fourth-order valence-corrected chi connectivity index (χ4v) is 6.69. The van der Waals surface area contributed by atoms with Crippen molar-refractivity contribution in [1.29, 1.82) is 0 Å². The van der Waals surface area contributed by atoms with Crippen LogP contribution in [0, 0.1) is 0 Å². The number of rotatable bonds is 5. The van der Waals surface area contributed by atoms with Crippen LogP contribution in [0.1, 0.15) is 0 Å². The standard InChI is InChI=1S/C44H29N3/c1-4-12-30(13-5-1)34-22-26-41-37(28-34)38-29-35(31-14-6-2-7-15-31)23-27-42(38)47(41)36-24-20-33(21-25-36)44-43(32-16-8-3-9-17-32)45-39-18-10-11-19-40(39)46-44/h1-29H. The van der Waals surface area contributed by atoms with Crippen LogP contribution in [0.15, 0.2) is 176 Å². The molecule has 0 N–H and O–H groups in total. The van der Waals surface area contributed by atoms with Gasteiger partial charge in [-0.1, -0.05) is 127 Å². The second kappa shape index (κ2) is 11.2. The molecule has 0 unspecified atom stereocenters. The molecule has 9 rings (SSSR count). The van der Waals surface area contributed by atoms with Crippen LogP contribution in [0.25, 0.3) is 83.3 Å². The van der Waals surface area contributed by atoms with Gasteiger partial charge in [0.15, 0.2) is 0 Å². The van der Waals surface area contributed by atoms with Crippen molar-refractivity contribution in [3.8, 4) is 50.5 Å². The summed E-state index contributed by atoms with van der Waals surface area (Å²) in [5.74, 6) is 0. The Morgan fingerprint density at radius 1 is 0.319 bits per heavy atom. The molecule has 2 aromatic heterocycles. The molecule has 3 heteroatoms. The van der Waals surface area contributed by atoms with Crippen molar-refractivity contribution in [1.82, 2.24) is 14.5 Å². The Morgan fingerprint density at radius 3 is 1.17 bits per heavy atom. The van der Waals surface area contributed by atoms with Gasteiger partial charge in [0, 0.05) is 27.6 Å². The van der Waals surface area contributed by atoms with Crippen molar-refractivity contribution in [3.63, 3.8) is 0 Å². The Balaban J connectivity index is 1.22. The Bertz CT molecular complexity index is 2440. The van der Waals surface area contributed by atoms with Crippen LogP contribution in [-0.2, 0) is 0 Å². The van der Waals surface area contributed by atoms with E-state index in [4.69, 9.17) is 9.97 Å². The number of fused-ring (bicyclic) bond motifs is 4. The van der Waals surface area contributed by atoms with Crippen LogP contribution >= 0.6 is 0 Å². The van der Waals surface area contributed by atoms with Gasteiger partial charge in [-0.25, -0.2) is 9.97 Å². The predicted octanol–water partition coefficient (Wildman–Crippen LogP) is 11.4. The summed E-state index contributed by atoms with van der Waals surface area (Å²) >= 11 is 0. The van der Waals surface area contributed by atoms with E-state index in [1.54, 1.807) is 0 Å². The topological polar surface area (TPSA) is 30.7 Å². The van der Waals surface area contributed by atoms with E-state index < -0.39 is 0 Å². The van der Waals surface area contributed by atoms with Crippen molar-refractivity contribution in [2.24, 2.45) is 0 Å². The predicted molar refractivity (Wildman–Crippen MR) is 196 cm³/mol. The van der Waals surface area contributed by atoms with Gasteiger partial charge in [0.1, 0.15) is 0 Å². The Labute approximate surface area is 273 Å². The molecule has 47 heavy (non-hydrogen) atoms. The molecular weight excluding hydrogens is 571 g/mol. The summed E-state index contributed by atoms with van der Waals surface area (Å²) < 4.78 is 2.38. The van der Waals surface area contributed by atoms with Gasteiger partial charge in [0.05, 0.1) is 33.5 Å². The normalized spacial score (nSPS) is 11.4. The van der Waals surface area contributed by atoms with Crippen molar-refractivity contribution >= 4 is 32.8 Å². The first-order valence-corrected chi connectivity index (χ1v) is 15.9. The lowest BCUT2D eigenvalue weighted by atomic mass is 10.0. The van der Waals surface area contributed by atoms with E-state index >= 15 is 0 Å². The SMILES string of the molecule is c1ccc(-c2ccc3c(c2)c2cc(-c4ccccc4)ccc2n3-c2ccc(-c3nc4ccccc4nc3-c3ccccc3)cc2)cc1. The number of aromatic nitrogens is 3. The highest BCUT2D eigenvalue weighted by Gasteiger charge is 2.17.